The second-order valence-electron chi connectivity index (χ2n) is 10.2. The Morgan fingerprint density at radius 3 is 2.47 bits per heavy atom. The monoisotopic (exact) mass is 496 g/mol. The fourth-order valence-electron chi connectivity index (χ4n) is 5.44. The number of fused-ring (bicyclic) bond motifs is 1. The van der Waals surface area contributed by atoms with Crippen LogP contribution in [0.15, 0.2) is 30.3 Å². The maximum Gasteiger partial charge on any atom is 0.274 e. The Balaban J connectivity index is 1.28. The van der Waals surface area contributed by atoms with Crippen LogP contribution in [0.1, 0.15) is 60.0 Å². The minimum absolute atomic E-state index is 0.130. The molecule has 0 bridgehead atoms. The minimum Gasteiger partial charge on any atom is -0.366 e. The molecule has 0 unspecified atom stereocenters. The third kappa shape index (κ3) is 4.33. The number of benzene rings is 1. The summed E-state index contributed by atoms with van der Waals surface area (Å²) in [7, 11) is 1.63. The molecule has 3 amide bonds. The average Bonchev–Trinajstić information content (AvgIpc) is 3.32. The third-order valence-corrected chi connectivity index (χ3v) is 7.91. The number of hydrogen-bond acceptors (Lipinski definition) is 5. The molecule has 1 aromatic carbocycles. The summed E-state index contributed by atoms with van der Waals surface area (Å²) in [5.74, 6) is -1.08. The molecule has 10 heteroatoms. The summed E-state index contributed by atoms with van der Waals surface area (Å²) in [4.78, 5) is 44.7. The lowest BCUT2D eigenvalue weighted by Gasteiger charge is -2.41. The highest BCUT2D eigenvalue weighted by Gasteiger charge is 2.47. The quantitative estimate of drug-likeness (QED) is 0.702. The summed E-state index contributed by atoms with van der Waals surface area (Å²) in [6.45, 7) is 3.77. The summed E-state index contributed by atoms with van der Waals surface area (Å²) in [5.41, 5.74) is -0.0857. The highest BCUT2D eigenvalue weighted by atomic mass is 19.1. The number of anilines is 1. The highest BCUT2D eigenvalue weighted by molar-refractivity contribution is 6.01. The van der Waals surface area contributed by atoms with Crippen LogP contribution in [0.4, 0.5) is 10.1 Å². The zero-order chi connectivity index (χ0) is 25.4. The van der Waals surface area contributed by atoms with E-state index in [0.717, 1.165) is 25.7 Å². The van der Waals surface area contributed by atoms with E-state index in [1.165, 1.54) is 28.1 Å². The van der Waals surface area contributed by atoms with Gasteiger partial charge in [0, 0.05) is 45.3 Å². The van der Waals surface area contributed by atoms with E-state index in [-0.39, 0.29) is 41.8 Å². The van der Waals surface area contributed by atoms with Gasteiger partial charge in [-0.25, -0.2) is 4.39 Å². The van der Waals surface area contributed by atoms with Gasteiger partial charge >= 0.3 is 0 Å². The standard InChI is InChI=1S/C26H33FN6O3/c1-26(25(36)28-18-8-4-3-5-9-18)17-33-22(24(35)30(26)2)16-20(29-33)23(34)32-14-12-31(13-15-32)21-11-7-6-10-19(21)27/h6-7,10-11,16,18H,3-5,8-9,12-15,17H2,1-2H3,(H,28,36)/t26-/m1/s1. The lowest BCUT2D eigenvalue weighted by Crippen LogP contribution is -2.63. The van der Waals surface area contributed by atoms with Crippen LogP contribution >= 0.6 is 0 Å². The van der Waals surface area contributed by atoms with Crippen LogP contribution in [0.5, 0.6) is 0 Å². The first-order valence-electron chi connectivity index (χ1n) is 12.7. The Labute approximate surface area is 210 Å². The number of carbonyl (C=O) groups excluding carboxylic acids is 3. The van der Waals surface area contributed by atoms with Crippen molar-refractivity contribution in [2.45, 2.75) is 57.2 Å². The Morgan fingerprint density at radius 1 is 1.08 bits per heavy atom. The first kappa shape index (κ1) is 24.3. The number of rotatable bonds is 4. The molecule has 1 aliphatic carbocycles. The van der Waals surface area contributed by atoms with Crippen molar-refractivity contribution in [3.05, 3.63) is 47.5 Å². The van der Waals surface area contributed by atoms with Gasteiger partial charge in [0.05, 0.1) is 12.2 Å². The fraction of sp³-hybridized carbons (Fsp3) is 0.538. The van der Waals surface area contributed by atoms with Crippen molar-refractivity contribution in [3.63, 3.8) is 0 Å². The van der Waals surface area contributed by atoms with E-state index in [1.807, 2.05) is 4.90 Å². The van der Waals surface area contributed by atoms with Crippen molar-refractivity contribution < 1.29 is 18.8 Å². The fourth-order valence-corrected chi connectivity index (χ4v) is 5.44. The van der Waals surface area contributed by atoms with Crippen molar-refractivity contribution in [1.29, 1.82) is 0 Å². The van der Waals surface area contributed by atoms with Gasteiger partial charge in [-0.15, -0.1) is 0 Å². The Morgan fingerprint density at radius 2 is 1.78 bits per heavy atom. The molecular weight excluding hydrogens is 463 g/mol. The summed E-state index contributed by atoms with van der Waals surface area (Å²) >= 11 is 0. The predicted octanol–water partition coefficient (Wildman–Crippen LogP) is 2.28. The lowest BCUT2D eigenvalue weighted by molar-refractivity contribution is -0.133. The molecule has 5 rings (SSSR count). The van der Waals surface area contributed by atoms with Gasteiger partial charge in [0.1, 0.15) is 17.1 Å². The molecule has 2 aromatic rings. The largest absolute Gasteiger partial charge is 0.366 e. The zero-order valence-corrected chi connectivity index (χ0v) is 20.9. The Kier molecular flexibility index (Phi) is 6.44. The number of piperazine rings is 1. The maximum atomic E-state index is 14.1. The molecule has 192 valence electrons. The van der Waals surface area contributed by atoms with Gasteiger partial charge in [-0.05, 0) is 31.9 Å². The number of carbonyl (C=O) groups is 3. The molecule has 2 aliphatic heterocycles. The second-order valence-corrected chi connectivity index (χ2v) is 10.2. The SMILES string of the molecule is CN1C(=O)c2cc(C(=O)N3CCN(c4ccccc4F)CC3)nn2C[C@]1(C)C(=O)NC1CCCCC1. The molecule has 0 spiro atoms. The number of nitrogens with one attached hydrogen (secondary N) is 1. The Bertz CT molecular complexity index is 1170. The molecule has 9 nitrogen and oxygen atoms in total. The smallest absolute Gasteiger partial charge is 0.274 e. The van der Waals surface area contributed by atoms with E-state index in [0.29, 0.717) is 37.6 Å². The van der Waals surface area contributed by atoms with Crippen LogP contribution in [0.2, 0.25) is 0 Å². The first-order valence-corrected chi connectivity index (χ1v) is 12.7. The Hall–Kier alpha value is -3.43. The molecule has 1 saturated heterocycles. The number of hydrogen-bond donors (Lipinski definition) is 1. The van der Waals surface area contributed by atoms with Gasteiger partial charge in [-0.2, -0.15) is 5.10 Å². The number of halogens is 1. The van der Waals surface area contributed by atoms with Crippen LogP contribution in [0.3, 0.4) is 0 Å². The predicted molar refractivity (Wildman–Crippen MR) is 132 cm³/mol. The van der Waals surface area contributed by atoms with Crippen molar-refractivity contribution in [2.75, 3.05) is 38.1 Å². The molecule has 1 N–H and O–H groups in total. The van der Waals surface area contributed by atoms with Gasteiger partial charge in [-0.3, -0.25) is 19.1 Å². The average molecular weight is 497 g/mol. The van der Waals surface area contributed by atoms with Gasteiger partial charge < -0.3 is 20.0 Å². The molecule has 0 radical (unpaired) electrons. The van der Waals surface area contributed by atoms with Crippen molar-refractivity contribution in [3.8, 4) is 0 Å². The summed E-state index contributed by atoms with van der Waals surface area (Å²) in [6, 6.07) is 8.26. The van der Waals surface area contributed by atoms with E-state index in [9.17, 15) is 18.8 Å². The molecule has 36 heavy (non-hydrogen) atoms. The molecule has 2 fully saturated rings. The van der Waals surface area contributed by atoms with E-state index in [2.05, 4.69) is 10.4 Å². The number of nitrogens with zero attached hydrogens (tertiary/aromatic N) is 5. The number of aromatic nitrogens is 2. The van der Waals surface area contributed by atoms with E-state index >= 15 is 0 Å². The normalized spacial score (nSPS) is 23.0. The molecule has 1 aromatic heterocycles. The van der Waals surface area contributed by atoms with Gasteiger partial charge in [0.25, 0.3) is 11.8 Å². The van der Waals surface area contributed by atoms with E-state index in [1.54, 1.807) is 37.1 Å². The molecule has 1 saturated carbocycles. The van der Waals surface area contributed by atoms with E-state index < -0.39 is 5.54 Å². The lowest BCUT2D eigenvalue weighted by atomic mass is 9.92. The van der Waals surface area contributed by atoms with Crippen LogP contribution < -0.4 is 10.2 Å². The van der Waals surface area contributed by atoms with Crippen molar-refractivity contribution in [1.82, 2.24) is 24.9 Å². The van der Waals surface area contributed by atoms with Crippen LogP contribution in [-0.2, 0) is 11.3 Å². The molecule has 3 aliphatic rings. The summed E-state index contributed by atoms with van der Waals surface area (Å²) in [6.07, 6.45) is 5.29. The number of likely N-dealkylation sites (N-methyl/N-ethyl adjacent to an activating group) is 1. The van der Waals surface area contributed by atoms with Gasteiger partial charge in [0.2, 0.25) is 5.91 Å². The van der Waals surface area contributed by atoms with E-state index in [4.69, 9.17) is 0 Å². The minimum atomic E-state index is -1.10. The maximum absolute atomic E-state index is 14.1. The first-order chi connectivity index (χ1) is 17.3. The number of amides is 3. The highest BCUT2D eigenvalue weighted by Crippen LogP contribution is 2.28. The third-order valence-electron chi connectivity index (χ3n) is 7.91. The zero-order valence-electron chi connectivity index (χ0n) is 20.9. The molecule has 1 atom stereocenters. The summed E-state index contributed by atoms with van der Waals surface area (Å²) in [5, 5.41) is 7.58. The van der Waals surface area contributed by atoms with Crippen LogP contribution in [0, 0.1) is 5.82 Å². The summed E-state index contributed by atoms with van der Waals surface area (Å²) < 4.78 is 15.6. The molecular formula is C26H33FN6O3. The second kappa shape index (κ2) is 9.55. The van der Waals surface area contributed by atoms with Gasteiger partial charge in [-0.1, -0.05) is 31.4 Å². The topological polar surface area (TPSA) is 90.8 Å². The van der Waals surface area contributed by atoms with Crippen molar-refractivity contribution >= 4 is 23.4 Å². The van der Waals surface area contributed by atoms with Crippen LogP contribution in [0.25, 0.3) is 0 Å². The molecule has 3 heterocycles. The van der Waals surface area contributed by atoms with Gasteiger partial charge in [0.15, 0.2) is 5.69 Å². The van der Waals surface area contributed by atoms with Crippen LogP contribution in [-0.4, -0.2) is 82.1 Å². The number of para-hydroxylation sites is 1. The van der Waals surface area contributed by atoms with Crippen molar-refractivity contribution in [2.24, 2.45) is 0 Å².